The lowest BCUT2D eigenvalue weighted by Crippen LogP contribution is -2.45. The smallest absolute Gasteiger partial charge is 0.315 e. The van der Waals surface area contributed by atoms with Crippen LogP contribution in [0.25, 0.3) is 0 Å². The van der Waals surface area contributed by atoms with Crippen LogP contribution in [0.1, 0.15) is 57.8 Å². The van der Waals surface area contributed by atoms with Crippen molar-refractivity contribution in [2.45, 2.75) is 69.4 Å². The molecule has 0 radical (unpaired) electrons. The van der Waals surface area contributed by atoms with Crippen molar-refractivity contribution >= 4 is 6.03 Å². The first-order valence-electron chi connectivity index (χ1n) is 8.00. The lowest BCUT2D eigenvalue weighted by atomic mass is 9.82. The Morgan fingerprint density at radius 2 is 1.95 bits per heavy atom. The van der Waals surface area contributed by atoms with Crippen molar-refractivity contribution in [1.29, 1.82) is 0 Å². The van der Waals surface area contributed by atoms with Gasteiger partial charge in [-0.15, -0.1) is 0 Å². The van der Waals surface area contributed by atoms with Gasteiger partial charge in [0.15, 0.2) is 0 Å². The molecule has 0 bridgehead atoms. The van der Waals surface area contributed by atoms with Gasteiger partial charge in [0.2, 0.25) is 0 Å². The molecule has 116 valence electrons. The van der Waals surface area contributed by atoms with Crippen LogP contribution in [0.4, 0.5) is 4.79 Å². The van der Waals surface area contributed by atoms with Gasteiger partial charge < -0.3 is 20.8 Å². The monoisotopic (exact) mass is 284 g/mol. The number of hydrogen-bond acceptors (Lipinski definition) is 3. The number of aliphatic hydroxyl groups excluding tert-OH is 1. The summed E-state index contributed by atoms with van der Waals surface area (Å²) < 4.78 is 0. The Hall–Kier alpha value is -0.810. The van der Waals surface area contributed by atoms with Crippen LogP contribution in [-0.2, 0) is 0 Å². The molecule has 2 amide bonds. The molecule has 2 aliphatic rings. The number of aliphatic hydroxyl groups is 2. The lowest BCUT2D eigenvalue weighted by Gasteiger charge is -2.32. The van der Waals surface area contributed by atoms with Gasteiger partial charge in [-0.3, -0.25) is 0 Å². The molecule has 0 heterocycles. The minimum Gasteiger partial charge on any atom is -0.396 e. The first kappa shape index (κ1) is 15.6. The van der Waals surface area contributed by atoms with Gasteiger partial charge in [0.1, 0.15) is 0 Å². The number of carbonyl (C=O) groups excluding carboxylic acids is 1. The number of carbonyl (C=O) groups is 1. The van der Waals surface area contributed by atoms with Crippen molar-refractivity contribution in [3.05, 3.63) is 0 Å². The van der Waals surface area contributed by atoms with Crippen molar-refractivity contribution in [3.63, 3.8) is 0 Å². The quantitative estimate of drug-likeness (QED) is 0.572. The van der Waals surface area contributed by atoms with E-state index in [1.54, 1.807) is 0 Å². The number of nitrogens with one attached hydrogen (secondary N) is 2. The van der Waals surface area contributed by atoms with Crippen LogP contribution in [0, 0.1) is 5.92 Å². The zero-order valence-corrected chi connectivity index (χ0v) is 12.2. The van der Waals surface area contributed by atoms with Gasteiger partial charge in [-0.1, -0.05) is 19.3 Å². The van der Waals surface area contributed by atoms with Crippen LogP contribution >= 0.6 is 0 Å². The zero-order valence-electron chi connectivity index (χ0n) is 12.2. The third-order valence-electron chi connectivity index (χ3n) is 4.61. The average Bonchev–Trinajstić information content (AvgIpc) is 3.23. The van der Waals surface area contributed by atoms with E-state index in [9.17, 15) is 9.90 Å². The minimum absolute atomic E-state index is 0.0952. The van der Waals surface area contributed by atoms with Gasteiger partial charge >= 0.3 is 6.03 Å². The van der Waals surface area contributed by atoms with Gasteiger partial charge in [0, 0.05) is 19.2 Å². The average molecular weight is 284 g/mol. The van der Waals surface area contributed by atoms with E-state index in [2.05, 4.69) is 10.6 Å². The molecule has 2 aliphatic carbocycles. The molecule has 2 fully saturated rings. The summed E-state index contributed by atoms with van der Waals surface area (Å²) in [7, 11) is 0. The maximum atomic E-state index is 11.8. The summed E-state index contributed by atoms with van der Waals surface area (Å²) in [6, 6.07) is -0.0764. The van der Waals surface area contributed by atoms with Crippen LogP contribution in [0.3, 0.4) is 0 Å². The van der Waals surface area contributed by atoms with Crippen molar-refractivity contribution in [2.24, 2.45) is 5.92 Å². The summed E-state index contributed by atoms with van der Waals surface area (Å²) in [4.78, 5) is 11.8. The molecule has 1 atom stereocenters. The largest absolute Gasteiger partial charge is 0.396 e. The van der Waals surface area contributed by atoms with E-state index in [4.69, 9.17) is 5.11 Å². The molecule has 0 spiro atoms. The normalized spacial score (nSPS) is 23.1. The number of urea groups is 1. The first-order valence-corrected chi connectivity index (χ1v) is 8.00. The lowest BCUT2D eigenvalue weighted by molar-refractivity contribution is -0.00263. The highest BCUT2D eigenvalue weighted by atomic mass is 16.3. The van der Waals surface area contributed by atoms with Gasteiger partial charge in [-0.2, -0.15) is 0 Å². The first-order chi connectivity index (χ1) is 9.63. The molecular weight excluding hydrogens is 256 g/mol. The summed E-state index contributed by atoms with van der Waals surface area (Å²) in [5.74, 6) is 0.537. The fourth-order valence-corrected chi connectivity index (χ4v) is 3.15. The molecule has 0 aromatic carbocycles. The fourth-order valence-electron chi connectivity index (χ4n) is 3.15. The predicted octanol–water partition coefficient (Wildman–Crippen LogP) is 1.53. The van der Waals surface area contributed by atoms with E-state index in [1.165, 1.54) is 6.42 Å². The maximum Gasteiger partial charge on any atom is 0.315 e. The van der Waals surface area contributed by atoms with E-state index in [-0.39, 0.29) is 18.7 Å². The molecule has 0 saturated heterocycles. The molecule has 20 heavy (non-hydrogen) atoms. The van der Waals surface area contributed by atoms with Gasteiger partial charge in [0.25, 0.3) is 0 Å². The third-order valence-corrected chi connectivity index (χ3v) is 4.61. The second-order valence-electron chi connectivity index (χ2n) is 6.39. The SMILES string of the molecule is O=C(NCCC1(O)CCCCC1)N[C@H](CCO)C1CC1. The number of hydrogen-bond donors (Lipinski definition) is 4. The van der Waals surface area contributed by atoms with Crippen LogP contribution in [0.2, 0.25) is 0 Å². The molecule has 0 unspecified atom stereocenters. The van der Waals surface area contributed by atoms with E-state index in [0.717, 1.165) is 38.5 Å². The number of rotatable bonds is 7. The Balaban J connectivity index is 1.64. The van der Waals surface area contributed by atoms with Crippen molar-refractivity contribution < 1.29 is 15.0 Å². The van der Waals surface area contributed by atoms with Crippen LogP contribution in [-0.4, -0.2) is 41.0 Å². The van der Waals surface area contributed by atoms with Crippen molar-refractivity contribution in [2.75, 3.05) is 13.2 Å². The molecule has 2 rings (SSSR count). The molecule has 0 aromatic heterocycles. The standard InChI is InChI=1S/C15H28N2O3/c18-11-6-13(12-4-5-12)17-14(19)16-10-9-15(20)7-2-1-3-8-15/h12-13,18,20H,1-11H2,(H2,16,17,19)/t13-/m1/s1. The molecule has 0 aromatic rings. The van der Waals surface area contributed by atoms with E-state index < -0.39 is 5.60 Å². The Kier molecular flexibility index (Phi) is 5.66. The Morgan fingerprint density at radius 1 is 1.25 bits per heavy atom. The van der Waals surface area contributed by atoms with Crippen molar-refractivity contribution in [1.82, 2.24) is 10.6 Å². The summed E-state index contributed by atoms with van der Waals surface area (Å²) in [5, 5.41) is 25.1. The second-order valence-corrected chi connectivity index (χ2v) is 6.39. The second kappa shape index (κ2) is 7.27. The number of amides is 2. The summed E-state index contributed by atoms with van der Waals surface area (Å²) in [6.45, 7) is 0.625. The van der Waals surface area contributed by atoms with Gasteiger partial charge in [-0.25, -0.2) is 4.79 Å². The Bertz CT molecular complexity index is 312. The summed E-state index contributed by atoms with van der Waals surface area (Å²) in [6.07, 6.45) is 8.63. The maximum absolute atomic E-state index is 11.8. The van der Waals surface area contributed by atoms with E-state index >= 15 is 0 Å². The van der Waals surface area contributed by atoms with Crippen molar-refractivity contribution in [3.8, 4) is 0 Å². The van der Waals surface area contributed by atoms with E-state index in [1.807, 2.05) is 0 Å². The highest BCUT2D eigenvalue weighted by Gasteiger charge is 2.32. The molecule has 0 aliphatic heterocycles. The van der Waals surface area contributed by atoms with Crippen LogP contribution in [0.15, 0.2) is 0 Å². The highest BCUT2D eigenvalue weighted by Crippen LogP contribution is 2.34. The van der Waals surface area contributed by atoms with Crippen LogP contribution < -0.4 is 10.6 Å². The molecule has 5 heteroatoms. The highest BCUT2D eigenvalue weighted by molar-refractivity contribution is 5.74. The predicted molar refractivity (Wildman–Crippen MR) is 77.4 cm³/mol. The van der Waals surface area contributed by atoms with Crippen LogP contribution in [0.5, 0.6) is 0 Å². The zero-order chi connectivity index (χ0) is 14.4. The summed E-state index contributed by atoms with van der Waals surface area (Å²) in [5.41, 5.74) is -0.577. The molecule has 4 N–H and O–H groups in total. The van der Waals surface area contributed by atoms with Gasteiger partial charge in [-0.05, 0) is 44.4 Å². The molecular formula is C15H28N2O3. The molecule has 2 saturated carbocycles. The topological polar surface area (TPSA) is 81.6 Å². The van der Waals surface area contributed by atoms with E-state index in [0.29, 0.717) is 25.3 Å². The molecule has 5 nitrogen and oxygen atoms in total. The Morgan fingerprint density at radius 3 is 2.55 bits per heavy atom. The fraction of sp³-hybridized carbons (Fsp3) is 0.933. The minimum atomic E-state index is -0.577. The van der Waals surface area contributed by atoms with Gasteiger partial charge in [0.05, 0.1) is 5.60 Å². The third kappa shape index (κ3) is 4.94. The summed E-state index contributed by atoms with van der Waals surface area (Å²) >= 11 is 0. The Labute approximate surface area is 121 Å².